The molecule has 112 valence electrons. The average molecular weight is 287 g/mol. The molecular formula is C14H19F2NO3. The lowest BCUT2D eigenvalue weighted by atomic mass is 9.97. The highest BCUT2D eigenvalue weighted by molar-refractivity contribution is 5.78. The molecule has 1 atom stereocenters. The molecule has 0 radical (unpaired) electrons. The molecule has 0 aromatic heterocycles. The SMILES string of the molecule is CC(C)NC(C)(CCOc1cc(F)cc(F)c1)C(=O)O. The van der Waals surface area contributed by atoms with Crippen molar-refractivity contribution in [3.05, 3.63) is 29.8 Å². The molecule has 4 nitrogen and oxygen atoms in total. The molecule has 1 aromatic carbocycles. The van der Waals surface area contributed by atoms with Crippen LogP contribution in [0.4, 0.5) is 8.78 Å². The van der Waals surface area contributed by atoms with E-state index in [2.05, 4.69) is 5.32 Å². The van der Waals surface area contributed by atoms with E-state index >= 15 is 0 Å². The average Bonchev–Trinajstić information content (AvgIpc) is 2.26. The smallest absolute Gasteiger partial charge is 0.323 e. The minimum atomic E-state index is -1.15. The van der Waals surface area contributed by atoms with Crippen molar-refractivity contribution < 1.29 is 23.4 Å². The number of benzene rings is 1. The number of carboxylic acids is 1. The quantitative estimate of drug-likeness (QED) is 0.809. The minimum absolute atomic E-state index is 0.0114. The Kier molecular flexibility index (Phi) is 5.44. The van der Waals surface area contributed by atoms with Crippen molar-refractivity contribution in [2.24, 2.45) is 0 Å². The van der Waals surface area contributed by atoms with E-state index in [1.807, 2.05) is 13.8 Å². The van der Waals surface area contributed by atoms with Gasteiger partial charge in [-0.15, -0.1) is 0 Å². The summed E-state index contributed by atoms with van der Waals surface area (Å²) in [5, 5.41) is 12.2. The molecule has 0 aliphatic rings. The van der Waals surface area contributed by atoms with Crippen LogP contribution in [-0.2, 0) is 4.79 Å². The van der Waals surface area contributed by atoms with E-state index in [0.29, 0.717) is 0 Å². The highest BCUT2D eigenvalue weighted by Crippen LogP contribution is 2.17. The summed E-state index contributed by atoms with van der Waals surface area (Å²) >= 11 is 0. The second-order valence-corrected chi connectivity index (χ2v) is 5.14. The van der Waals surface area contributed by atoms with E-state index in [1.165, 1.54) is 0 Å². The van der Waals surface area contributed by atoms with E-state index in [4.69, 9.17) is 4.74 Å². The van der Waals surface area contributed by atoms with Crippen LogP contribution in [0.15, 0.2) is 18.2 Å². The lowest BCUT2D eigenvalue weighted by molar-refractivity contribution is -0.145. The third-order valence-electron chi connectivity index (χ3n) is 2.79. The van der Waals surface area contributed by atoms with Crippen LogP contribution in [-0.4, -0.2) is 29.3 Å². The number of carbonyl (C=O) groups is 1. The maximum atomic E-state index is 13.0. The van der Waals surface area contributed by atoms with Crippen molar-refractivity contribution >= 4 is 5.97 Å². The number of nitrogens with one attached hydrogen (secondary N) is 1. The summed E-state index contributed by atoms with van der Waals surface area (Å²) in [6.07, 6.45) is 0.165. The monoisotopic (exact) mass is 287 g/mol. The predicted octanol–water partition coefficient (Wildman–Crippen LogP) is 2.58. The molecule has 1 rings (SSSR count). The van der Waals surface area contributed by atoms with Gasteiger partial charge in [0.15, 0.2) is 0 Å². The van der Waals surface area contributed by atoms with Crippen molar-refractivity contribution in [3.8, 4) is 5.75 Å². The number of hydrogen-bond acceptors (Lipinski definition) is 3. The number of aliphatic carboxylic acids is 1. The van der Waals surface area contributed by atoms with Gasteiger partial charge < -0.3 is 9.84 Å². The van der Waals surface area contributed by atoms with Gasteiger partial charge in [-0.25, -0.2) is 8.78 Å². The summed E-state index contributed by atoms with van der Waals surface area (Å²) in [7, 11) is 0. The largest absolute Gasteiger partial charge is 0.493 e. The summed E-state index contributed by atoms with van der Waals surface area (Å²) in [4.78, 5) is 11.3. The normalized spacial score (nSPS) is 14.1. The van der Waals surface area contributed by atoms with Crippen LogP contribution >= 0.6 is 0 Å². The molecule has 0 amide bonds. The van der Waals surface area contributed by atoms with E-state index in [0.717, 1.165) is 18.2 Å². The van der Waals surface area contributed by atoms with Crippen LogP contribution in [0.5, 0.6) is 5.75 Å². The van der Waals surface area contributed by atoms with Gasteiger partial charge in [0.1, 0.15) is 22.9 Å². The van der Waals surface area contributed by atoms with Crippen LogP contribution in [0.3, 0.4) is 0 Å². The van der Waals surface area contributed by atoms with Gasteiger partial charge in [-0.2, -0.15) is 0 Å². The molecule has 0 fully saturated rings. The first-order chi connectivity index (χ1) is 9.23. The minimum Gasteiger partial charge on any atom is -0.493 e. The van der Waals surface area contributed by atoms with E-state index in [9.17, 15) is 18.7 Å². The molecule has 0 saturated carbocycles. The number of halogens is 2. The Morgan fingerprint density at radius 2 is 1.90 bits per heavy atom. The molecule has 1 aromatic rings. The van der Waals surface area contributed by atoms with Crippen LogP contribution in [0.1, 0.15) is 27.2 Å². The number of rotatable bonds is 7. The van der Waals surface area contributed by atoms with Gasteiger partial charge in [-0.1, -0.05) is 0 Å². The van der Waals surface area contributed by atoms with Gasteiger partial charge in [0.25, 0.3) is 0 Å². The first kappa shape index (κ1) is 16.4. The highest BCUT2D eigenvalue weighted by Gasteiger charge is 2.33. The molecular weight excluding hydrogens is 268 g/mol. The third kappa shape index (κ3) is 4.77. The van der Waals surface area contributed by atoms with Crippen molar-refractivity contribution in [3.63, 3.8) is 0 Å². The van der Waals surface area contributed by atoms with Gasteiger partial charge in [-0.05, 0) is 20.8 Å². The van der Waals surface area contributed by atoms with Crippen LogP contribution < -0.4 is 10.1 Å². The van der Waals surface area contributed by atoms with E-state index < -0.39 is 23.1 Å². The maximum absolute atomic E-state index is 13.0. The zero-order valence-corrected chi connectivity index (χ0v) is 11.7. The lowest BCUT2D eigenvalue weighted by Crippen LogP contribution is -2.53. The Hall–Kier alpha value is -1.69. The van der Waals surface area contributed by atoms with Crippen LogP contribution in [0, 0.1) is 11.6 Å². The fourth-order valence-corrected chi connectivity index (χ4v) is 1.86. The zero-order valence-electron chi connectivity index (χ0n) is 11.7. The summed E-state index contributed by atoms with van der Waals surface area (Å²) in [5.41, 5.74) is -1.15. The summed E-state index contributed by atoms with van der Waals surface area (Å²) in [6, 6.07) is 2.84. The molecule has 0 bridgehead atoms. The lowest BCUT2D eigenvalue weighted by Gasteiger charge is -2.28. The molecule has 2 N–H and O–H groups in total. The number of carboxylic acid groups (broad SMARTS) is 1. The zero-order chi connectivity index (χ0) is 15.3. The van der Waals surface area contributed by atoms with E-state index in [1.54, 1.807) is 6.92 Å². The fraction of sp³-hybridized carbons (Fsp3) is 0.500. The Labute approximate surface area is 116 Å². The molecule has 0 aliphatic heterocycles. The van der Waals surface area contributed by atoms with Gasteiger partial charge >= 0.3 is 5.97 Å². The van der Waals surface area contributed by atoms with Gasteiger partial charge in [0, 0.05) is 30.7 Å². The first-order valence-corrected chi connectivity index (χ1v) is 6.33. The summed E-state index contributed by atoms with van der Waals surface area (Å²) < 4.78 is 31.1. The Morgan fingerprint density at radius 1 is 1.35 bits per heavy atom. The second kappa shape index (κ2) is 6.65. The fourth-order valence-electron chi connectivity index (χ4n) is 1.86. The second-order valence-electron chi connectivity index (χ2n) is 5.14. The maximum Gasteiger partial charge on any atom is 0.323 e. The highest BCUT2D eigenvalue weighted by atomic mass is 19.1. The topological polar surface area (TPSA) is 58.6 Å². The number of hydrogen-bond donors (Lipinski definition) is 2. The predicted molar refractivity (Wildman–Crippen MR) is 70.8 cm³/mol. The van der Waals surface area contributed by atoms with Crippen molar-refractivity contribution in [2.45, 2.75) is 38.8 Å². The van der Waals surface area contributed by atoms with Crippen LogP contribution in [0.2, 0.25) is 0 Å². The van der Waals surface area contributed by atoms with Gasteiger partial charge in [0.2, 0.25) is 0 Å². The van der Waals surface area contributed by atoms with Crippen molar-refractivity contribution in [2.75, 3.05) is 6.61 Å². The Balaban J connectivity index is 2.62. The Bertz CT molecular complexity index is 459. The van der Waals surface area contributed by atoms with E-state index in [-0.39, 0.29) is 24.8 Å². The Morgan fingerprint density at radius 3 is 2.35 bits per heavy atom. The standard InChI is InChI=1S/C14H19F2NO3/c1-9(2)17-14(3,13(18)19)4-5-20-12-7-10(15)6-11(16)8-12/h6-9,17H,4-5H2,1-3H3,(H,18,19). The molecule has 1 unspecified atom stereocenters. The summed E-state index contributed by atoms with van der Waals surface area (Å²) in [6.45, 7) is 5.25. The van der Waals surface area contributed by atoms with Gasteiger partial charge in [0.05, 0.1) is 6.61 Å². The van der Waals surface area contributed by atoms with Crippen LogP contribution in [0.25, 0.3) is 0 Å². The molecule has 0 saturated heterocycles. The molecule has 0 aliphatic carbocycles. The van der Waals surface area contributed by atoms with Crippen molar-refractivity contribution in [1.29, 1.82) is 0 Å². The molecule has 0 heterocycles. The van der Waals surface area contributed by atoms with Gasteiger partial charge in [-0.3, -0.25) is 10.1 Å². The summed E-state index contributed by atoms with van der Waals surface area (Å²) in [5.74, 6) is -2.43. The first-order valence-electron chi connectivity index (χ1n) is 6.33. The molecule has 20 heavy (non-hydrogen) atoms. The number of ether oxygens (including phenoxy) is 1. The third-order valence-corrected chi connectivity index (χ3v) is 2.79. The van der Waals surface area contributed by atoms with Crippen molar-refractivity contribution in [1.82, 2.24) is 5.32 Å². The molecule has 0 spiro atoms. The molecule has 6 heteroatoms.